The van der Waals surface area contributed by atoms with E-state index in [1.807, 2.05) is 0 Å². The zero-order valence-electron chi connectivity index (χ0n) is 18.3. The second kappa shape index (κ2) is 9.14. The topological polar surface area (TPSA) is 168 Å². The summed E-state index contributed by atoms with van der Waals surface area (Å²) in [4.78, 5) is 40.0. The van der Waals surface area contributed by atoms with Gasteiger partial charge in [0.05, 0.1) is 29.9 Å². The Kier molecular flexibility index (Phi) is 6.25. The molecule has 2 aliphatic rings. The van der Waals surface area contributed by atoms with Crippen LogP contribution in [0.5, 0.6) is 11.5 Å². The number of ketones is 2. The first kappa shape index (κ1) is 23.2. The summed E-state index contributed by atoms with van der Waals surface area (Å²) < 4.78 is 16.7. The standard InChI is InChI=1S/C23H21N3O8/c1-10-23(34-11(2)27)15(25-26-24)8-18(33-10)32-9-12-6-14-20(17(29)7-12)22(31)19-13(21(14)30)4-3-5-16(19)28/h3-7,10,15,18,23,28-29H,8-9H2,1-2H3/t10?,15-,18+,23+/m1/s1. The highest BCUT2D eigenvalue weighted by molar-refractivity contribution is 6.30. The molecule has 0 aromatic heterocycles. The molecule has 0 amide bonds. The molecule has 2 aromatic carbocycles. The van der Waals surface area contributed by atoms with Crippen molar-refractivity contribution in [2.24, 2.45) is 5.11 Å². The molecule has 11 heteroatoms. The van der Waals surface area contributed by atoms with E-state index in [-0.39, 0.29) is 41.0 Å². The molecule has 34 heavy (non-hydrogen) atoms. The van der Waals surface area contributed by atoms with Crippen LogP contribution in [0.15, 0.2) is 35.4 Å². The van der Waals surface area contributed by atoms with Crippen LogP contribution in [0.2, 0.25) is 0 Å². The molecule has 1 fully saturated rings. The highest BCUT2D eigenvalue weighted by Crippen LogP contribution is 2.37. The van der Waals surface area contributed by atoms with Crippen molar-refractivity contribution in [2.75, 3.05) is 0 Å². The van der Waals surface area contributed by atoms with Gasteiger partial charge in [-0.25, -0.2) is 0 Å². The van der Waals surface area contributed by atoms with Gasteiger partial charge in [-0.3, -0.25) is 14.4 Å². The van der Waals surface area contributed by atoms with Crippen LogP contribution in [0, 0.1) is 0 Å². The number of hydrogen-bond donors (Lipinski definition) is 2. The van der Waals surface area contributed by atoms with Crippen LogP contribution in [0.25, 0.3) is 10.4 Å². The lowest BCUT2D eigenvalue weighted by molar-refractivity contribution is -0.233. The van der Waals surface area contributed by atoms with E-state index in [9.17, 15) is 24.6 Å². The van der Waals surface area contributed by atoms with Gasteiger partial charge in [0.1, 0.15) is 17.6 Å². The average Bonchev–Trinajstić information content (AvgIpc) is 2.77. The van der Waals surface area contributed by atoms with Crippen LogP contribution in [0.3, 0.4) is 0 Å². The minimum absolute atomic E-state index is 0.00140. The lowest BCUT2D eigenvalue weighted by Crippen LogP contribution is -2.48. The molecule has 0 saturated carbocycles. The Hall–Kier alpha value is -3.92. The average molecular weight is 467 g/mol. The Labute approximate surface area is 193 Å². The van der Waals surface area contributed by atoms with Crippen molar-refractivity contribution < 1.29 is 38.8 Å². The highest BCUT2D eigenvalue weighted by atomic mass is 16.7. The van der Waals surface area contributed by atoms with Crippen molar-refractivity contribution in [1.82, 2.24) is 0 Å². The number of hydrogen-bond acceptors (Lipinski definition) is 9. The van der Waals surface area contributed by atoms with Gasteiger partial charge in [0.2, 0.25) is 5.78 Å². The van der Waals surface area contributed by atoms with Crippen molar-refractivity contribution in [3.8, 4) is 11.5 Å². The van der Waals surface area contributed by atoms with Crippen molar-refractivity contribution >= 4 is 17.5 Å². The number of fused-ring (bicyclic) bond motifs is 2. The molecule has 1 aliphatic carbocycles. The Morgan fingerprint density at radius 2 is 1.91 bits per heavy atom. The number of nitrogens with zero attached hydrogens (tertiary/aromatic N) is 3. The summed E-state index contributed by atoms with van der Waals surface area (Å²) in [6.45, 7) is 2.81. The predicted molar refractivity (Wildman–Crippen MR) is 115 cm³/mol. The van der Waals surface area contributed by atoms with E-state index >= 15 is 0 Å². The number of rotatable bonds is 5. The summed E-state index contributed by atoms with van der Waals surface area (Å²) in [7, 11) is 0. The lowest BCUT2D eigenvalue weighted by atomic mass is 9.82. The molecule has 2 N–H and O–H groups in total. The minimum Gasteiger partial charge on any atom is -0.507 e. The summed E-state index contributed by atoms with van der Waals surface area (Å²) in [5.41, 5.74) is 8.99. The number of phenolic OH excluding ortho intramolecular Hbond substituents is 2. The molecule has 1 heterocycles. The first-order valence-electron chi connectivity index (χ1n) is 10.5. The highest BCUT2D eigenvalue weighted by Gasteiger charge is 2.39. The largest absolute Gasteiger partial charge is 0.507 e. The number of aromatic hydroxyl groups is 2. The lowest BCUT2D eigenvalue weighted by Gasteiger charge is -2.37. The normalized spacial score (nSPS) is 23.5. The molecule has 0 spiro atoms. The van der Waals surface area contributed by atoms with E-state index in [4.69, 9.17) is 19.7 Å². The molecular weight excluding hydrogens is 446 g/mol. The molecule has 1 aliphatic heterocycles. The number of phenols is 2. The third-order valence-corrected chi connectivity index (χ3v) is 5.74. The van der Waals surface area contributed by atoms with Gasteiger partial charge < -0.3 is 24.4 Å². The van der Waals surface area contributed by atoms with Gasteiger partial charge in [-0.2, -0.15) is 0 Å². The third kappa shape index (κ3) is 4.19. The number of carbonyl (C=O) groups is 3. The molecule has 176 valence electrons. The SMILES string of the molecule is CC(=O)O[C@H]1C(C)O[C@H](OCc2cc(O)c3c(c2)C(=O)c2cccc(O)c2C3=O)C[C@H]1N=[N+]=[N-]. The molecule has 1 unspecified atom stereocenters. The molecule has 1 saturated heterocycles. The monoisotopic (exact) mass is 467 g/mol. The van der Waals surface area contributed by atoms with Crippen LogP contribution >= 0.6 is 0 Å². The van der Waals surface area contributed by atoms with Gasteiger partial charge >= 0.3 is 5.97 Å². The Bertz CT molecular complexity index is 1240. The summed E-state index contributed by atoms with van der Waals surface area (Å²) >= 11 is 0. The minimum atomic E-state index is -0.814. The molecule has 0 radical (unpaired) electrons. The number of carbonyl (C=O) groups excluding carboxylic acids is 3. The first-order valence-corrected chi connectivity index (χ1v) is 10.5. The quantitative estimate of drug-likeness (QED) is 0.250. The first-order chi connectivity index (χ1) is 16.2. The van der Waals surface area contributed by atoms with Crippen molar-refractivity contribution in [2.45, 2.75) is 51.4 Å². The number of ether oxygens (including phenoxy) is 3. The number of azide groups is 1. The Morgan fingerprint density at radius 1 is 1.18 bits per heavy atom. The maximum Gasteiger partial charge on any atom is 0.303 e. The second-order valence-corrected chi connectivity index (χ2v) is 8.06. The maximum atomic E-state index is 13.0. The van der Waals surface area contributed by atoms with Gasteiger partial charge in [0, 0.05) is 29.4 Å². The molecule has 0 bridgehead atoms. The van der Waals surface area contributed by atoms with E-state index < -0.39 is 47.8 Å². The number of esters is 1. The summed E-state index contributed by atoms with van der Waals surface area (Å²) in [5.74, 6) is -2.43. The van der Waals surface area contributed by atoms with E-state index in [2.05, 4.69) is 10.0 Å². The second-order valence-electron chi connectivity index (χ2n) is 8.06. The summed E-state index contributed by atoms with van der Waals surface area (Å²) in [6.07, 6.45) is -2.07. The van der Waals surface area contributed by atoms with Gasteiger partial charge in [-0.05, 0) is 36.2 Å². The van der Waals surface area contributed by atoms with E-state index in [0.717, 1.165) is 0 Å². The van der Waals surface area contributed by atoms with Gasteiger partial charge in [-0.15, -0.1) is 0 Å². The molecule has 4 atom stereocenters. The van der Waals surface area contributed by atoms with Gasteiger partial charge in [-0.1, -0.05) is 17.2 Å². The summed E-state index contributed by atoms with van der Waals surface area (Å²) in [6, 6.07) is 6.24. The van der Waals surface area contributed by atoms with E-state index in [0.29, 0.717) is 5.56 Å². The van der Waals surface area contributed by atoms with Crippen molar-refractivity contribution in [3.63, 3.8) is 0 Å². The predicted octanol–water partition coefficient (Wildman–Crippen LogP) is 3.14. The summed E-state index contributed by atoms with van der Waals surface area (Å²) in [5, 5.41) is 24.2. The van der Waals surface area contributed by atoms with Crippen LogP contribution in [-0.4, -0.2) is 52.3 Å². The van der Waals surface area contributed by atoms with Crippen LogP contribution in [0.4, 0.5) is 0 Å². The Morgan fingerprint density at radius 3 is 2.62 bits per heavy atom. The molecule has 2 aromatic rings. The zero-order valence-corrected chi connectivity index (χ0v) is 18.3. The van der Waals surface area contributed by atoms with Crippen molar-refractivity contribution in [1.29, 1.82) is 0 Å². The zero-order chi connectivity index (χ0) is 24.6. The molecular formula is C23H21N3O8. The Balaban J connectivity index is 1.54. The fraction of sp³-hybridized carbons (Fsp3) is 0.348. The fourth-order valence-electron chi connectivity index (χ4n) is 4.28. The van der Waals surface area contributed by atoms with Crippen molar-refractivity contribution in [3.05, 3.63) is 68.6 Å². The number of benzene rings is 2. The van der Waals surface area contributed by atoms with Crippen LogP contribution in [0.1, 0.15) is 57.7 Å². The smallest absolute Gasteiger partial charge is 0.303 e. The fourth-order valence-corrected chi connectivity index (χ4v) is 4.28. The van der Waals surface area contributed by atoms with Crippen LogP contribution < -0.4 is 0 Å². The van der Waals surface area contributed by atoms with Gasteiger partial charge in [0.25, 0.3) is 0 Å². The molecule has 11 nitrogen and oxygen atoms in total. The van der Waals surface area contributed by atoms with E-state index in [1.165, 1.54) is 37.3 Å². The van der Waals surface area contributed by atoms with Gasteiger partial charge in [0.15, 0.2) is 12.1 Å². The van der Waals surface area contributed by atoms with E-state index in [1.54, 1.807) is 6.92 Å². The van der Waals surface area contributed by atoms with Crippen LogP contribution in [-0.2, 0) is 25.6 Å². The molecule has 4 rings (SSSR count). The third-order valence-electron chi connectivity index (χ3n) is 5.74. The maximum absolute atomic E-state index is 13.0.